The molecule has 2 aliphatic rings. The Kier molecular flexibility index (Phi) is 5.62. The standard InChI is InChI=1S/C20H29N5O/c1-23-19(16-25-11-13-26-14-12-25)21-22-20(23)18-7-9-24(10-8-18)15-17-5-3-2-4-6-17/h2-6,18H,7-16H2,1H3. The van der Waals surface area contributed by atoms with E-state index in [0.717, 1.165) is 77.0 Å². The zero-order chi connectivity index (χ0) is 17.8. The second-order valence-electron chi connectivity index (χ2n) is 7.46. The van der Waals surface area contributed by atoms with Crippen LogP contribution in [0.2, 0.25) is 0 Å². The number of benzene rings is 1. The van der Waals surface area contributed by atoms with Gasteiger partial charge in [0.25, 0.3) is 0 Å². The minimum Gasteiger partial charge on any atom is -0.379 e. The predicted molar refractivity (Wildman–Crippen MR) is 101 cm³/mol. The Bertz CT molecular complexity index is 687. The summed E-state index contributed by atoms with van der Waals surface area (Å²) in [5.74, 6) is 2.76. The predicted octanol–water partition coefficient (Wildman–Crippen LogP) is 2.03. The van der Waals surface area contributed by atoms with E-state index in [-0.39, 0.29) is 0 Å². The van der Waals surface area contributed by atoms with Crippen molar-refractivity contribution in [3.05, 3.63) is 47.5 Å². The summed E-state index contributed by atoms with van der Waals surface area (Å²) in [6.07, 6.45) is 2.33. The Labute approximate surface area is 155 Å². The number of morpholine rings is 1. The van der Waals surface area contributed by atoms with Gasteiger partial charge in [-0.15, -0.1) is 10.2 Å². The Morgan fingerprint density at radius 2 is 1.62 bits per heavy atom. The lowest BCUT2D eigenvalue weighted by molar-refractivity contribution is 0.0326. The molecule has 0 bridgehead atoms. The van der Waals surface area contributed by atoms with Gasteiger partial charge in [0.1, 0.15) is 11.6 Å². The van der Waals surface area contributed by atoms with E-state index in [0.29, 0.717) is 5.92 Å². The Balaban J connectivity index is 1.33. The number of aromatic nitrogens is 3. The minimum absolute atomic E-state index is 0.526. The van der Waals surface area contributed by atoms with Crippen LogP contribution in [0.3, 0.4) is 0 Å². The molecular formula is C20H29N5O. The first kappa shape index (κ1) is 17.6. The van der Waals surface area contributed by atoms with Gasteiger partial charge in [0.15, 0.2) is 0 Å². The molecule has 0 amide bonds. The number of hydrogen-bond donors (Lipinski definition) is 0. The summed E-state index contributed by atoms with van der Waals surface area (Å²) in [6.45, 7) is 7.81. The number of nitrogens with zero attached hydrogens (tertiary/aromatic N) is 5. The molecule has 1 aromatic heterocycles. The van der Waals surface area contributed by atoms with E-state index < -0.39 is 0 Å². The van der Waals surface area contributed by atoms with Gasteiger partial charge in [-0.2, -0.15) is 0 Å². The van der Waals surface area contributed by atoms with Crippen LogP contribution in [0.1, 0.15) is 36.0 Å². The fourth-order valence-corrected chi connectivity index (χ4v) is 4.02. The van der Waals surface area contributed by atoms with Crippen molar-refractivity contribution >= 4 is 0 Å². The second-order valence-corrected chi connectivity index (χ2v) is 7.46. The number of hydrogen-bond acceptors (Lipinski definition) is 5. The number of rotatable bonds is 5. The van der Waals surface area contributed by atoms with Crippen molar-refractivity contribution in [2.45, 2.75) is 31.8 Å². The van der Waals surface area contributed by atoms with Crippen molar-refractivity contribution in [2.24, 2.45) is 7.05 Å². The van der Waals surface area contributed by atoms with Crippen LogP contribution in [0.15, 0.2) is 30.3 Å². The number of ether oxygens (including phenoxy) is 1. The molecular weight excluding hydrogens is 326 g/mol. The monoisotopic (exact) mass is 355 g/mol. The van der Waals surface area contributed by atoms with Crippen LogP contribution in [0.4, 0.5) is 0 Å². The van der Waals surface area contributed by atoms with Crippen molar-refractivity contribution in [3.8, 4) is 0 Å². The van der Waals surface area contributed by atoms with E-state index >= 15 is 0 Å². The molecule has 140 valence electrons. The SMILES string of the molecule is Cn1c(CN2CCOCC2)nnc1C1CCN(Cc2ccccc2)CC1. The van der Waals surface area contributed by atoms with E-state index in [9.17, 15) is 0 Å². The molecule has 26 heavy (non-hydrogen) atoms. The van der Waals surface area contributed by atoms with E-state index in [1.54, 1.807) is 0 Å². The molecule has 6 nitrogen and oxygen atoms in total. The molecule has 2 aromatic rings. The lowest BCUT2D eigenvalue weighted by Gasteiger charge is -2.31. The Morgan fingerprint density at radius 1 is 0.923 bits per heavy atom. The van der Waals surface area contributed by atoms with Crippen molar-refractivity contribution in [1.29, 1.82) is 0 Å². The molecule has 0 N–H and O–H groups in total. The summed E-state index contributed by atoms with van der Waals surface area (Å²) in [5.41, 5.74) is 1.40. The molecule has 0 unspecified atom stereocenters. The van der Waals surface area contributed by atoms with Crippen molar-refractivity contribution in [2.75, 3.05) is 39.4 Å². The number of piperidine rings is 1. The van der Waals surface area contributed by atoms with E-state index in [4.69, 9.17) is 4.74 Å². The summed E-state index contributed by atoms with van der Waals surface area (Å²) in [7, 11) is 2.13. The summed E-state index contributed by atoms with van der Waals surface area (Å²) in [6, 6.07) is 10.8. The smallest absolute Gasteiger partial charge is 0.146 e. The maximum Gasteiger partial charge on any atom is 0.146 e. The van der Waals surface area contributed by atoms with Gasteiger partial charge in [0, 0.05) is 32.6 Å². The summed E-state index contributed by atoms with van der Waals surface area (Å²) >= 11 is 0. The zero-order valence-corrected chi connectivity index (χ0v) is 15.7. The van der Waals surface area contributed by atoms with Crippen LogP contribution < -0.4 is 0 Å². The number of likely N-dealkylation sites (tertiary alicyclic amines) is 1. The molecule has 4 rings (SSSR count). The first-order chi connectivity index (χ1) is 12.8. The van der Waals surface area contributed by atoms with Crippen LogP contribution in [0.5, 0.6) is 0 Å². The van der Waals surface area contributed by atoms with Crippen LogP contribution in [0, 0.1) is 0 Å². The highest BCUT2D eigenvalue weighted by Crippen LogP contribution is 2.27. The third-order valence-electron chi connectivity index (χ3n) is 5.67. The molecule has 3 heterocycles. The minimum atomic E-state index is 0.526. The fraction of sp³-hybridized carbons (Fsp3) is 0.600. The maximum absolute atomic E-state index is 5.43. The highest BCUT2D eigenvalue weighted by atomic mass is 16.5. The molecule has 2 fully saturated rings. The van der Waals surface area contributed by atoms with E-state index in [1.807, 2.05) is 0 Å². The van der Waals surface area contributed by atoms with Crippen molar-refractivity contribution in [1.82, 2.24) is 24.6 Å². The first-order valence-corrected chi connectivity index (χ1v) is 9.74. The fourth-order valence-electron chi connectivity index (χ4n) is 4.02. The van der Waals surface area contributed by atoms with Crippen LogP contribution in [-0.4, -0.2) is 64.0 Å². The highest BCUT2D eigenvalue weighted by molar-refractivity contribution is 5.14. The Hall–Kier alpha value is -1.76. The molecule has 6 heteroatoms. The van der Waals surface area contributed by atoms with Crippen molar-refractivity contribution < 1.29 is 4.74 Å². The van der Waals surface area contributed by atoms with Gasteiger partial charge >= 0.3 is 0 Å². The summed E-state index contributed by atoms with van der Waals surface area (Å²) in [5, 5.41) is 9.04. The molecule has 2 aliphatic heterocycles. The third-order valence-corrected chi connectivity index (χ3v) is 5.67. The van der Waals surface area contributed by atoms with Gasteiger partial charge in [0.2, 0.25) is 0 Å². The lowest BCUT2D eigenvalue weighted by atomic mass is 9.95. The third kappa shape index (κ3) is 4.14. The van der Waals surface area contributed by atoms with Gasteiger partial charge < -0.3 is 9.30 Å². The largest absolute Gasteiger partial charge is 0.379 e. The molecule has 2 saturated heterocycles. The molecule has 0 atom stereocenters. The van der Waals surface area contributed by atoms with E-state index in [2.05, 4.69) is 61.9 Å². The van der Waals surface area contributed by atoms with Gasteiger partial charge in [-0.1, -0.05) is 30.3 Å². The average Bonchev–Trinajstić information content (AvgIpc) is 3.05. The zero-order valence-electron chi connectivity index (χ0n) is 15.7. The molecule has 0 saturated carbocycles. The summed E-state index contributed by atoms with van der Waals surface area (Å²) < 4.78 is 7.66. The first-order valence-electron chi connectivity index (χ1n) is 9.74. The van der Waals surface area contributed by atoms with Crippen LogP contribution >= 0.6 is 0 Å². The van der Waals surface area contributed by atoms with E-state index in [1.165, 1.54) is 5.56 Å². The molecule has 1 aromatic carbocycles. The molecule has 0 spiro atoms. The quantitative estimate of drug-likeness (QED) is 0.821. The maximum atomic E-state index is 5.43. The van der Waals surface area contributed by atoms with Crippen molar-refractivity contribution in [3.63, 3.8) is 0 Å². The van der Waals surface area contributed by atoms with Crippen LogP contribution in [-0.2, 0) is 24.9 Å². The second kappa shape index (κ2) is 8.29. The van der Waals surface area contributed by atoms with Gasteiger partial charge in [-0.3, -0.25) is 9.80 Å². The van der Waals surface area contributed by atoms with Gasteiger partial charge in [0.05, 0.1) is 19.8 Å². The molecule has 0 aliphatic carbocycles. The van der Waals surface area contributed by atoms with Crippen LogP contribution in [0.25, 0.3) is 0 Å². The average molecular weight is 355 g/mol. The summed E-state index contributed by atoms with van der Waals surface area (Å²) in [4.78, 5) is 4.95. The molecule has 0 radical (unpaired) electrons. The normalized spacial score (nSPS) is 20.5. The topological polar surface area (TPSA) is 46.4 Å². The van der Waals surface area contributed by atoms with Gasteiger partial charge in [-0.05, 0) is 31.5 Å². The van der Waals surface area contributed by atoms with Gasteiger partial charge in [-0.25, -0.2) is 0 Å². The lowest BCUT2D eigenvalue weighted by Crippen LogP contribution is -2.36. The highest BCUT2D eigenvalue weighted by Gasteiger charge is 2.25. The Morgan fingerprint density at radius 3 is 2.35 bits per heavy atom.